The van der Waals surface area contributed by atoms with Crippen molar-refractivity contribution >= 4 is 48.7 Å². The Bertz CT molecular complexity index is 2370. The first kappa shape index (κ1) is 44.3. The number of ether oxygens (including phenoxy) is 3. The first-order valence-corrected chi connectivity index (χ1v) is 21.9. The molecule has 5 rings (SSSR count). The van der Waals surface area contributed by atoms with Gasteiger partial charge in [0.05, 0.1) is 33.4 Å². The molecule has 0 fully saturated rings. The Labute approximate surface area is 352 Å². The van der Waals surface area contributed by atoms with E-state index in [4.69, 9.17) is 14.2 Å². The monoisotopic (exact) mass is 947 g/mol. The average molecular weight is 948 g/mol. The van der Waals surface area contributed by atoms with Gasteiger partial charge in [0.2, 0.25) is 20.0 Å². The first-order valence-electron chi connectivity index (χ1n) is 17.9. The molecule has 0 unspecified atom stereocenters. The van der Waals surface area contributed by atoms with Crippen molar-refractivity contribution in [3.63, 3.8) is 0 Å². The lowest BCUT2D eigenvalue weighted by molar-refractivity contribution is 0.0767. The number of benzene rings is 4. The molecule has 1 amide bonds. The third kappa shape index (κ3) is 10.2. The van der Waals surface area contributed by atoms with Crippen LogP contribution in [0.2, 0.25) is 0 Å². The summed E-state index contributed by atoms with van der Waals surface area (Å²) in [5.41, 5.74) is 1.05. The molecule has 2 N–H and O–H groups in total. The summed E-state index contributed by atoms with van der Waals surface area (Å²) in [5, 5.41) is 22.3. The Morgan fingerprint density at radius 1 is 0.810 bits per heavy atom. The zero-order valence-corrected chi connectivity index (χ0v) is 36.9. The van der Waals surface area contributed by atoms with E-state index in [1.807, 2.05) is 34.7 Å². The van der Waals surface area contributed by atoms with Gasteiger partial charge in [0, 0.05) is 34.8 Å². The van der Waals surface area contributed by atoms with Gasteiger partial charge in [-0.1, -0.05) is 36.4 Å². The maximum Gasteiger partial charge on any atom is 0.408 e. The fourth-order valence-electron chi connectivity index (χ4n) is 6.37. The third-order valence-corrected chi connectivity index (χ3v) is 13.6. The first-order chi connectivity index (χ1) is 27.4. The van der Waals surface area contributed by atoms with Crippen LogP contribution >= 0.6 is 22.6 Å². The smallest absolute Gasteiger partial charge is 0.408 e. The molecule has 16 nitrogen and oxygen atoms in total. The summed E-state index contributed by atoms with van der Waals surface area (Å²) in [6, 6.07) is 22.7. The molecule has 5 aromatic rings. The Morgan fingerprint density at radius 3 is 1.74 bits per heavy atom. The predicted octanol–water partition coefficient (Wildman–Crippen LogP) is 5.86. The van der Waals surface area contributed by atoms with Gasteiger partial charge in [0.25, 0.3) is 0 Å². The highest BCUT2D eigenvalue weighted by atomic mass is 127. The van der Waals surface area contributed by atoms with Crippen molar-refractivity contribution in [2.75, 3.05) is 27.9 Å². The summed E-state index contributed by atoms with van der Waals surface area (Å²) in [5.74, 6) is 1.77. The van der Waals surface area contributed by atoms with Crippen LogP contribution in [0.25, 0.3) is 11.4 Å². The molecule has 0 bridgehead atoms. The van der Waals surface area contributed by atoms with E-state index in [9.17, 15) is 18.3 Å². The summed E-state index contributed by atoms with van der Waals surface area (Å²) in [6.45, 7) is 6.07. The number of rotatable bonds is 17. The van der Waals surface area contributed by atoms with E-state index in [-0.39, 0.29) is 37.6 Å². The number of nitrogens with one attached hydrogen (secondary N) is 1. The van der Waals surface area contributed by atoms with Crippen LogP contribution in [0.15, 0.2) is 94.7 Å². The minimum atomic E-state index is -4.80. The molecule has 0 radical (unpaired) electrons. The summed E-state index contributed by atoms with van der Waals surface area (Å²) in [6.07, 6.45) is -1.24. The second kappa shape index (κ2) is 18.4. The lowest BCUT2D eigenvalue weighted by atomic mass is 10.0. The highest BCUT2D eigenvalue weighted by Gasteiger charge is 2.38. The quantitative estimate of drug-likeness (QED) is 0.106. The normalized spacial score (nSPS) is 12.6. The standard InChI is InChI=1S/C39H46IN7O9S2/c1-26(47(38(48)49)39(2,3)4)22-41-57(50,51)34-21-20-33(40)35(37-42-43-44-46(37)25-29-12-18-32(56-7)19-13-29)36(34)58(52,53)45(23-27-8-14-30(54-5)15-9-27)24-28-10-16-31(55-6)17-11-28/h8-21,26,41H,22-25H2,1-7H3,(H,48,49)/t26-/m0/s1. The van der Waals surface area contributed by atoms with E-state index >= 15 is 8.42 Å². The van der Waals surface area contributed by atoms with Gasteiger partial charge in [0.1, 0.15) is 27.0 Å². The minimum absolute atomic E-state index is 0.00263. The van der Waals surface area contributed by atoms with Crippen molar-refractivity contribution in [1.29, 1.82) is 0 Å². The number of sulfonamides is 2. The number of nitrogens with zero attached hydrogens (tertiary/aromatic N) is 6. The second-order valence-corrected chi connectivity index (χ2v) is 19.0. The molecule has 0 aliphatic heterocycles. The van der Waals surface area contributed by atoms with Crippen molar-refractivity contribution < 1.29 is 40.9 Å². The fourth-order valence-corrected chi connectivity index (χ4v) is 10.8. The number of carboxylic acid groups (broad SMARTS) is 1. The number of aromatic nitrogens is 4. The van der Waals surface area contributed by atoms with Crippen LogP contribution in [0.5, 0.6) is 17.2 Å². The van der Waals surface area contributed by atoms with Gasteiger partial charge in [-0.15, -0.1) is 5.10 Å². The van der Waals surface area contributed by atoms with Crippen molar-refractivity contribution in [1.82, 2.24) is 34.1 Å². The van der Waals surface area contributed by atoms with Crippen LogP contribution < -0.4 is 18.9 Å². The van der Waals surface area contributed by atoms with Gasteiger partial charge >= 0.3 is 6.09 Å². The zero-order chi connectivity index (χ0) is 42.4. The number of amides is 1. The maximum absolute atomic E-state index is 15.5. The Morgan fingerprint density at radius 2 is 1.29 bits per heavy atom. The molecule has 1 aromatic heterocycles. The lowest BCUT2D eigenvalue weighted by Crippen LogP contribution is -2.53. The molecule has 4 aromatic carbocycles. The number of carbonyl (C=O) groups is 1. The molecule has 310 valence electrons. The Balaban J connectivity index is 1.72. The molecule has 58 heavy (non-hydrogen) atoms. The average Bonchev–Trinajstić information content (AvgIpc) is 3.64. The summed E-state index contributed by atoms with van der Waals surface area (Å²) in [4.78, 5) is 12.2. The van der Waals surface area contributed by atoms with Crippen LogP contribution in [0, 0.1) is 3.57 Å². The molecule has 0 aliphatic rings. The largest absolute Gasteiger partial charge is 0.497 e. The second-order valence-electron chi connectivity index (χ2n) is 14.3. The van der Waals surface area contributed by atoms with Crippen LogP contribution in [0.3, 0.4) is 0 Å². The molecule has 19 heteroatoms. The fraction of sp³-hybridized carbons (Fsp3) is 0.333. The van der Waals surface area contributed by atoms with Crippen LogP contribution in [-0.2, 0) is 39.7 Å². The molecule has 0 aliphatic carbocycles. The van der Waals surface area contributed by atoms with Gasteiger partial charge in [-0.2, -0.15) is 4.31 Å². The van der Waals surface area contributed by atoms with Crippen LogP contribution in [0.1, 0.15) is 44.4 Å². The minimum Gasteiger partial charge on any atom is -0.497 e. The van der Waals surface area contributed by atoms with E-state index in [0.717, 1.165) is 10.5 Å². The van der Waals surface area contributed by atoms with Crippen molar-refractivity contribution in [2.45, 2.75) is 68.7 Å². The van der Waals surface area contributed by atoms with Crippen molar-refractivity contribution in [2.24, 2.45) is 0 Å². The van der Waals surface area contributed by atoms with Crippen molar-refractivity contribution in [3.05, 3.63) is 105 Å². The van der Waals surface area contributed by atoms with Gasteiger partial charge in [-0.3, -0.25) is 4.90 Å². The topological polar surface area (TPSA) is 195 Å². The van der Waals surface area contributed by atoms with E-state index in [1.165, 1.54) is 35.3 Å². The SMILES string of the molecule is COc1ccc(CN(Cc2ccc(OC)cc2)S(=O)(=O)c2c(S(=O)(=O)NC[C@H](C)N(C(=O)O)C(C)(C)C)ccc(I)c2-c2nnnn2Cc2ccc(OC)cc2)cc1. The number of hydrogen-bond acceptors (Lipinski definition) is 11. The molecule has 1 atom stereocenters. The van der Waals surface area contributed by atoms with E-state index in [1.54, 1.807) is 95.5 Å². The molecule has 1 heterocycles. The van der Waals surface area contributed by atoms with Crippen molar-refractivity contribution in [3.8, 4) is 28.6 Å². The van der Waals surface area contributed by atoms with Crippen LogP contribution in [-0.4, -0.2) is 96.9 Å². The van der Waals surface area contributed by atoms with Crippen LogP contribution in [0.4, 0.5) is 4.79 Å². The summed E-state index contributed by atoms with van der Waals surface area (Å²) < 4.78 is 81.5. The maximum atomic E-state index is 15.5. The molecule has 0 saturated heterocycles. The Hall–Kier alpha value is -4.83. The van der Waals surface area contributed by atoms with E-state index < -0.39 is 47.5 Å². The number of methoxy groups -OCH3 is 3. The highest BCUT2D eigenvalue weighted by molar-refractivity contribution is 14.1. The number of halogens is 1. The summed E-state index contributed by atoms with van der Waals surface area (Å²) >= 11 is 1.95. The molecular weight excluding hydrogens is 902 g/mol. The molecule has 0 saturated carbocycles. The predicted molar refractivity (Wildman–Crippen MR) is 225 cm³/mol. The van der Waals surface area contributed by atoms with Gasteiger partial charge < -0.3 is 19.3 Å². The molecule has 0 spiro atoms. The number of hydrogen-bond donors (Lipinski definition) is 2. The van der Waals surface area contributed by atoms with E-state index in [2.05, 4.69) is 20.2 Å². The lowest BCUT2D eigenvalue weighted by Gasteiger charge is -2.38. The zero-order valence-electron chi connectivity index (χ0n) is 33.1. The van der Waals surface area contributed by atoms with E-state index in [0.29, 0.717) is 31.9 Å². The number of tetrazole rings is 1. The van der Waals surface area contributed by atoms with Gasteiger partial charge in [-0.25, -0.2) is 31.0 Å². The molecular formula is C39H46IN7O9S2. The van der Waals surface area contributed by atoms with Gasteiger partial charge in [0.15, 0.2) is 5.82 Å². The highest BCUT2D eigenvalue weighted by Crippen LogP contribution is 2.38. The third-order valence-electron chi connectivity index (χ3n) is 9.18. The Kier molecular flexibility index (Phi) is 14.0. The van der Waals surface area contributed by atoms with Gasteiger partial charge in [-0.05, 0) is 126 Å². The summed E-state index contributed by atoms with van der Waals surface area (Å²) in [7, 11) is -4.88.